The zero-order chi connectivity index (χ0) is 9.97. The van der Waals surface area contributed by atoms with Gasteiger partial charge in [-0.25, -0.2) is 0 Å². The van der Waals surface area contributed by atoms with E-state index in [1.807, 2.05) is 24.3 Å². The lowest BCUT2D eigenvalue weighted by Crippen LogP contribution is -2.21. The number of hydrogen-bond acceptors (Lipinski definition) is 2. The minimum Gasteiger partial charge on any atom is -0.488 e. The van der Waals surface area contributed by atoms with Gasteiger partial charge < -0.3 is 9.64 Å². The molecule has 2 rings (SSSR count). The van der Waals surface area contributed by atoms with Crippen LogP contribution in [0.4, 0.5) is 0 Å². The molecule has 1 heterocycles. The second-order valence-corrected chi connectivity index (χ2v) is 4.58. The van der Waals surface area contributed by atoms with Crippen LogP contribution in [0.25, 0.3) is 0 Å². The quantitative estimate of drug-likeness (QED) is 0.806. The van der Waals surface area contributed by atoms with Crippen LogP contribution in [0, 0.1) is 0 Å². The fourth-order valence-corrected chi connectivity index (χ4v) is 2.09. The van der Waals surface area contributed by atoms with E-state index < -0.39 is 0 Å². The summed E-state index contributed by atoms with van der Waals surface area (Å²) in [6.07, 6.45) is 1.47. The predicted molar refractivity (Wildman–Crippen MR) is 60.7 cm³/mol. The summed E-state index contributed by atoms with van der Waals surface area (Å²) in [5.41, 5.74) is 0. The maximum atomic E-state index is 5.89. The van der Waals surface area contributed by atoms with Crippen LogP contribution in [-0.4, -0.2) is 31.1 Å². The number of likely N-dealkylation sites (tertiary alicyclic amines) is 1. The van der Waals surface area contributed by atoms with Crippen molar-refractivity contribution in [1.29, 1.82) is 0 Å². The van der Waals surface area contributed by atoms with Gasteiger partial charge in [0.25, 0.3) is 0 Å². The molecule has 1 atom stereocenters. The highest BCUT2D eigenvalue weighted by atomic mass is 79.9. The third-order valence-corrected chi connectivity index (χ3v) is 3.13. The van der Waals surface area contributed by atoms with Crippen LogP contribution in [0.5, 0.6) is 5.75 Å². The maximum Gasteiger partial charge on any atom is 0.133 e. The molecule has 0 spiro atoms. The van der Waals surface area contributed by atoms with Gasteiger partial charge in [-0.2, -0.15) is 0 Å². The van der Waals surface area contributed by atoms with E-state index >= 15 is 0 Å². The Bertz CT molecular complexity index is 316. The van der Waals surface area contributed by atoms with Gasteiger partial charge in [-0.05, 0) is 41.5 Å². The summed E-state index contributed by atoms with van der Waals surface area (Å²) in [5, 5.41) is 0. The molecule has 0 amide bonds. The molecule has 1 unspecified atom stereocenters. The summed E-state index contributed by atoms with van der Waals surface area (Å²) < 4.78 is 6.92. The van der Waals surface area contributed by atoms with Gasteiger partial charge >= 0.3 is 0 Å². The number of halogens is 1. The zero-order valence-electron chi connectivity index (χ0n) is 8.24. The Kier molecular flexibility index (Phi) is 3.08. The maximum absolute atomic E-state index is 5.89. The molecule has 0 aromatic heterocycles. The zero-order valence-corrected chi connectivity index (χ0v) is 9.83. The predicted octanol–water partition coefficient (Wildman–Crippen LogP) is 2.53. The molecule has 14 heavy (non-hydrogen) atoms. The molecular formula is C11H14BrNO. The van der Waals surface area contributed by atoms with Gasteiger partial charge in [0.05, 0.1) is 4.47 Å². The van der Waals surface area contributed by atoms with Crippen molar-refractivity contribution in [2.24, 2.45) is 0 Å². The number of nitrogens with zero attached hydrogens (tertiary/aromatic N) is 1. The second kappa shape index (κ2) is 4.32. The van der Waals surface area contributed by atoms with Gasteiger partial charge in [-0.15, -0.1) is 0 Å². The molecule has 76 valence electrons. The van der Waals surface area contributed by atoms with Crippen LogP contribution < -0.4 is 4.74 Å². The van der Waals surface area contributed by atoms with Gasteiger partial charge in [-0.3, -0.25) is 0 Å². The highest BCUT2D eigenvalue weighted by molar-refractivity contribution is 9.10. The third-order valence-electron chi connectivity index (χ3n) is 2.48. The van der Waals surface area contributed by atoms with Gasteiger partial charge in [0.15, 0.2) is 0 Å². The molecule has 0 N–H and O–H groups in total. The van der Waals surface area contributed by atoms with Crippen LogP contribution in [0.2, 0.25) is 0 Å². The number of para-hydroxylation sites is 1. The van der Waals surface area contributed by atoms with E-state index in [0.29, 0.717) is 6.10 Å². The number of hydrogen-bond donors (Lipinski definition) is 0. The highest BCUT2D eigenvalue weighted by Crippen LogP contribution is 2.26. The Labute approximate surface area is 93.0 Å². The fourth-order valence-electron chi connectivity index (χ4n) is 1.71. The summed E-state index contributed by atoms with van der Waals surface area (Å²) in [6.45, 7) is 2.16. The van der Waals surface area contributed by atoms with Crippen LogP contribution in [0.15, 0.2) is 28.7 Å². The van der Waals surface area contributed by atoms with Crippen molar-refractivity contribution in [3.63, 3.8) is 0 Å². The average Bonchev–Trinajstić information content (AvgIpc) is 2.56. The molecule has 0 saturated carbocycles. The van der Waals surface area contributed by atoms with E-state index in [1.54, 1.807) is 0 Å². The van der Waals surface area contributed by atoms with Gasteiger partial charge in [0.1, 0.15) is 11.9 Å². The molecule has 0 radical (unpaired) electrons. The van der Waals surface area contributed by atoms with Crippen molar-refractivity contribution in [1.82, 2.24) is 4.90 Å². The van der Waals surface area contributed by atoms with Crippen molar-refractivity contribution < 1.29 is 4.74 Å². The summed E-state index contributed by atoms with van der Waals surface area (Å²) in [4.78, 5) is 2.29. The van der Waals surface area contributed by atoms with Crippen LogP contribution in [0.1, 0.15) is 6.42 Å². The Morgan fingerprint density at radius 1 is 1.43 bits per heavy atom. The Morgan fingerprint density at radius 3 is 2.86 bits per heavy atom. The minimum absolute atomic E-state index is 0.346. The van der Waals surface area contributed by atoms with Crippen molar-refractivity contribution in [2.45, 2.75) is 12.5 Å². The standard InChI is InChI=1S/C11H14BrNO/c1-13-7-6-9(8-13)14-11-5-3-2-4-10(11)12/h2-5,9H,6-8H2,1H3. The molecule has 2 nitrogen and oxygen atoms in total. The molecular weight excluding hydrogens is 242 g/mol. The van der Waals surface area contributed by atoms with Crippen LogP contribution in [0.3, 0.4) is 0 Å². The molecule has 1 aromatic carbocycles. The lowest BCUT2D eigenvalue weighted by Gasteiger charge is -2.14. The Hall–Kier alpha value is -0.540. The number of ether oxygens (including phenoxy) is 1. The second-order valence-electron chi connectivity index (χ2n) is 3.72. The van der Waals surface area contributed by atoms with Gasteiger partial charge in [-0.1, -0.05) is 12.1 Å². The first-order valence-electron chi connectivity index (χ1n) is 4.85. The molecule has 1 aliphatic heterocycles. The van der Waals surface area contributed by atoms with Crippen molar-refractivity contribution in [2.75, 3.05) is 20.1 Å². The molecule has 1 saturated heterocycles. The molecule has 1 aliphatic rings. The number of benzene rings is 1. The fraction of sp³-hybridized carbons (Fsp3) is 0.455. The number of likely N-dealkylation sites (N-methyl/N-ethyl adjacent to an activating group) is 1. The normalized spacial score (nSPS) is 22.6. The topological polar surface area (TPSA) is 12.5 Å². The lowest BCUT2D eigenvalue weighted by molar-refractivity contribution is 0.207. The lowest BCUT2D eigenvalue weighted by atomic mass is 10.3. The Morgan fingerprint density at radius 2 is 2.21 bits per heavy atom. The van der Waals surface area contributed by atoms with Crippen molar-refractivity contribution >= 4 is 15.9 Å². The molecule has 3 heteroatoms. The summed E-state index contributed by atoms with van der Waals surface area (Å²) in [7, 11) is 2.13. The minimum atomic E-state index is 0.346. The van der Waals surface area contributed by atoms with E-state index in [-0.39, 0.29) is 0 Å². The molecule has 0 bridgehead atoms. The monoisotopic (exact) mass is 255 g/mol. The van der Waals surface area contributed by atoms with E-state index in [0.717, 1.165) is 29.7 Å². The summed E-state index contributed by atoms with van der Waals surface area (Å²) in [5.74, 6) is 0.952. The molecule has 1 fully saturated rings. The smallest absolute Gasteiger partial charge is 0.133 e. The van der Waals surface area contributed by atoms with Crippen molar-refractivity contribution in [3.05, 3.63) is 28.7 Å². The third kappa shape index (κ3) is 2.28. The van der Waals surface area contributed by atoms with Crippen LogP contribution in [-0.2, 0) is 0 Å². The first-order valence-corrected chi connectivity index (χ1v) is 5.65. The largest absolute Gasteiger partial charge is 0.488 e. The van der Waals surface area contributed by atoms with Gasteiger partial charge in [0, 0.05) is 13.1 Å². The Balaban J connectivity index is 2.01. The van der Waals surface area contributed by atoms with Crippen molar-refractivity contribution in [3.8, 4) is 5.75 Å². The van der Waals surface area contributed by atoms with E-state index in [2.05, 4.69) is 27.9 Å². The SMILES string of the molecule is CN1CCC(Oc2ccccc2Br)C1. The van der Waals surface area contributed by atoms with Gasteiger partial charge in [0.2, 0.25) is 0 Å². The summed E-state index contributed by atoms with van der Waals surface area (Å²) >= 11 is 3.48. The van der Waals surface area contributed by atoms with E-state index in [1.165, 1.54) is 0 Å². The average molecular weight is 256 g/mol. The van der Waals surface area contributed by atoms with E-state index in [9.17, 15) is 0 Å². The summed E-state index contributed by atoms with van der Waals surface area (Å²) in [6, 6.07) is 8.01. The van der Waals surface area contributed by atoms with Crippen LogP contribution >= 0.6 is 15.9 Å². The molecule has 0 aliphatic carbocycles. The first kappa shape index (κ1) is 9.99. The molecule has 1 aromatic rings. The number of rotatable bonds is 2. The van der Waals surface area contributed by atoms with E-state index in [4.69, 9.17) is 4.74 Å². The highest BCUT2D eigenvalue weighted by Gasteiger charge is 2.21. The first-order chi connectivity index (χ1) is 6.75.